The summed E-state index contributed by atoms with van der Waals surface area (Å²) in [6.07, 6.45) is 37.3. The van der Waals surface area contributed by atoms with Gasteiger partial charge in [0.1, 0.15) is 11.9 Å². The quantitative estimate of drug-likeness (QED) is 0.0489. The predicted octanol–water partition coefficient (Wildman–Crippen LogP) is 20.5. The third kappa shape index (κ3) is 26.1. The van der Waals surface area contributed by atoms with Gasteiger partial charge in [-0.2, -0.15) is 21.9 Å². The molecule has 0 atom stereocenters. The number of nitrogens with one attached hydrogen (secondary N) is 4. The lowest BCUT2D eigenvalue weighted by Gasteiger charge is -2.32. The fraction of sp³-hybridized carbons (Fsp3) is 0.298. The number of hydrogen-bond donors (Lipinski definition) is 4. The van der Waals surface area contributed by atoms with Crippen molar-refractivity contribution in [1.29, 1.82) is 10.5 Å². The van der Waals surface area contributed by atoms with E-state index in [4.69, 9.17) is 10.00 Å². The van der Waals surface area contributed by atoms with E-state index in [0.29, 0.717) is 83.0 Å². The normalized spacial score (nSPS) is 16.3. The van der Waals surface area contributed by atoms with Crippen molar-refractivity contribution in [2.24, 2.45) is 0 Å². The minimum atomic E-state index is -3.13. The van der Waals surface area contributed by atoms with Gasteiger partial charge >= 0.3 is 0 Å². The average molecular weight is 2060 g/mol. The molecule has 13 heterocycles. The first-order valence-corrected chi connectivity index (χ1v) is 57.7. The van der Waals surface area contributed by atoms with Crippen LogP contribution >= 0.6 is 11.3 Å². The lowest BCUT2D eigenvalue weighted by molar-refractivity contribution is 0.0597. The predicted molar refractivity (Wildman–Crippen MR) is 588 cm³/mol. The van der Waals surface area contributed by atoms with E-state index < -0.39 is 40.1 Å². The Morgan fingerprint density at radius 2 is 0.776 bits per heavy atom. The number of benzene rings is 8. The molecule has 0 spiro atoms. The van der Waals surface area contributed by atoms with Gasteiger partial charge in [0, 0.05) is 238 Å². The van der Waals surface area contributed by atoms with Crippen molar-refractivity contribution >= 4 is 134 Å². The minimum Gasteiger partial charge on any atom is -0.490 e. The maximum absolute atomic E-state index is 12.8. The second kappa shape index (κ2) is 46.3. The number of likely N-dealkylation sites (tertiary alicyclic amines) is 1. The third-order valence-electron chi connectivity index (χ3n) is 28.0. The summed E-state index contributed by atoms with van der Waals surface area (Å²) < 4.78 is 108. The second-order valence-corrected chi connectivity index (χ2v) is 47.4. The Balaban J connectivity index is 0.000000121. The largest absolute Gasteiger partial charge is 0.490 e. The molecule has 1 amide bonds. The molecular weight excluding hydrogens is 1940 g/mol. The third-order valence-corrected chi connectivity index (χ3v) is 35.0. The summed E-state index contributed by atoms with van der Waals surface area (Å²) in [6.45, 7) is 9.79. The molecule has 8 aromatic carbocycles. The van der Waals surface area contributed by atoms with Gasteiger partial charge < -0.3 is 30.9 Å². The highest BCUT2D eigenvalue weighted by atomic mass is 32.2. The maximum Gasteiger partial charge on any atom is 0.255 e. The summed E-state index contributed by atoms with van der Waals surface area (Å²) in [6, 6.07) is 70.8. The fourth-order valence-corrected chi connectivity index (χ4v) is 24.8. The molecule has 0 unspecified atom stereocenters. The number of hydrogen-bond acceptors (Lipinski definition) is 24. The van der Waals surface area contributed by atoms with Crippen LogP contribution in [0.4, 0.5) is 22.7 Å². The van der Waals surface area contributed by atoms with Crippen molar-refractivity contribution in [1.82, 2.24) is 57.0 Å². The van der Waals surface area contributed by atoms with Crippen LogP contribution in [0.15, 0.2) is 285 Å². The molecule has 0 radical (unpaired) electrons. The highest BCUT2D eigenvalue weighted by molar-refractivity contribution is 7.90. The molecule has 0 bridgehead atoms. The molecule has 754 valence electrons. The number of amides is 1. The number of rotatable bonds is 22. The highest BCUT2D eigenvalue weighted by Crippen LogP contribution is 2.42. The minimum absolute atomic E-state index is 0.00397. The summed E-state index contributed by atoms with van der Waals surface area (Å²) in [5.41, 5.74) is 19.7. The topological polar surface area (TPSA) is 365 Å². The number of carbonyl (C=O) groups excluding carboxylic acids is 1. The number of carbonyl (C=O) groups is 1. The SMILES string of the molecule is CS(=O)(=O)N1CCC(Nc2cc(-c3ccc(CC#N)cc3)cc3ccncc23)CC1.CS(=O)(=O)N1CCC(Nc2cc(-c3ccncc3)cc3ccncc23)CC1.Cc1ccc(C(=O)N2CCC(Oc3cc(-c4cccc(C#N)c4)cc4ccncc34)CC2)cn1.Cc1cccc(-c2cc(NC3CCN(S(C)(=O)=O)CC3)c3cnccc3c2)c1.O=S(=O)(C1CC1)N1CCC(Nc2cc(-c3ccsc3)cc3ccncc23)CC1. The lowest BCUT2D eigenvalue weighted by atomic mass is 9.98. The molecule has 33 heteroatoms. The van der Waals surface area contributed by atoms with Gasteiger partial charge in [-0.1, -0.05) is 66.2 Å². The van der Waals surface area contributed by atoms with Gasteiger partial charge in [0.05, 0.1) is 53.7 Å². The Kier molecular flexibility index (Phi) is 32.4. The van der Waals surface area contributed by atoms with Crippen LogP contribution in [-0.4, -0.2) is 216 Å². The number of thiophene rings is 1. The zero-order valence-electron chi connectivity index (χ0n) is 82.7. The van der Waals surface area contributed by atoms with E-state index in [0.717, 1.165) is 204 Å². The molecular formula is C114H118N18O10S5. The van der Waals surface area contributed by atoms with Gasteiger partial charge in [0.25, 0.3) is 5.91 Å². The first kappa shape index (κ1) is 103. The van der Waals surface area contributed by atoms with Gasteiger partial charge in [0.2, 0.25) is 40.1 Å². The molecule has 1 aliphatic carbocycles. The number of anilines is 4. The molecule has 5 aliphatic heterocycles. The van der Waals surface area contributed by atoms with Crippen molar-refractivity contribution in [3.05, 3.63) is 313 Å². The van der Waals surface area contributed by atoms with Crippen LogP contribution in [0.3, 0.4) is 0 Å². The summed E-state index contributed by atoms with van der Waals surface area (Å²) >= 11 is 1.70. The number of nitrogens with zero attached hydrogens (tertiary/aromatic N) is 14. The van der Waals surface area contributed by atoms with E-state index in [2.05, 4.69) is 171 Å². The molecule has 147 heavy (non-hydrogen) atoms. The number of pyridine rings is 7. The smallest absolute Gasteiger partial charge is 0.255 e. The van der Waals surface area contributed by atoms with E-state index >= 15 is 0 Å². The zero-order chi connectivity index (χ0) is 102. The maximum atomic E-state index is 12.8. The molecule has 28 nitrogen and oxygen atoms in total. The molecule has 5 saturated heterocycles. The average Bonchev–Trinajstić information content (AvgIpc) is 1.76. The lowest BCUT2D eigenvalue weighted by Crippen LogP contribution is -2.43. The zero-order valence-corrected chi connectivity index (χ0v) is 86.8. The Bertz CT molecular complexity index is 7990. The number of piperidine rings is 5. The summed E-state index contributed by atoms with van der Waals surface area (Å²) in [7, 11) is -12.4. The molecule has 1 saturated carbocycles. The summed E-state index contributed by atoms with van der Waals surface area (Å²) in [5, 5.41) is 47.7. The van der Waals surface area contributed by atoms with E-state index in [9.17, 15) is 43.7 Å². The Hall–Kier alpha value is -14.1. The van der Waals surface area contributed by atoms with Crippen LogP contribution in [0.25, 0.3) is 109 Å². The van der Waals surface area contributed by atoms with Crippen molar-refractivity contribution in [3.63, 3.8) is 0 Å². The Labute approximate surface area is 863 Å². The molecule has 16 aromatic rings. The van der Waals surface area contributed by atoms with Gasteiger partial charge in [-0.15, -0.1) is 0 Å². The molecule has 8 aromatic heterocycles. The summed E-state index contributed by atoms with van der Waals surface area (Å²) in [5.74, 6) is 0.787. The standard InChI is InChI=1S/C28H24N4O2.C23H24N4O2S.C22H25N3O2S.C21H23N3O2S2.C20H22N4O2S/c1-19-5-6-23(17-31-19)28(33)32-11-8-25(9-12-32)34-27-15-24(14-22-7-10-30-18-26(22)27)21-4-2-3-20(13-21)16-29;1-30(28,29)27-12-8-21(9-13-27)26-23-15-20(14-19-7-11-25-16-22(19)23)18-4-2-17(3-5-18)6-10-24;1-16-4-3-5-17(12-16)19-13-18-6-9-23-15-21(18)22(14-19)24-20-7-10-25(11-8-20)28(2,26)27;25-28(26,19-1-2-19)24-8-4-18(5-9-24)23-21-12-17(16-6-10-27-14-16)11-15-3-7-22-13-20(15)21;1-27(25,26)24-10-5-18(6-11-24)23-20-13-17(15-2-7-21-8-3-15)12-16-4-9-22-14-19(16)20/h2-7,10,13-15,17-18,25H,8-9,11-12H2,1H3;2-5,7,11,14-16,21,26H,6,8-9,12-13H2,1H3;3-6,9,12-15,20,24H,7-8,10-11H2,1-2H3;3,6-7,10-14,18-19,23H,1-2,4-5,8-9H2;2-4,7-9,12-14,18,23H,5-6,10-11H2,1H3. The van der Waals surface area contributed by atoms with Gasteiger partial charge in [-0.3, -0.25) is 39.7 Å². The number of ether oxygens (including phenoxy) is 1. The van der Waals surface area contributed by atoms with Crippen molar-refractivity contribution in [2.75, 3.05) is 105 Å². The highest BCUT2D eigenvalue weighted by Gasteiger charge is 2.42. The van der Waals surface area contributed by atoms with Crippen LogP contribution in [0.1, 0.15) is 110 Å². The molecule has 6 fully saturated rings. The van der Waals surface area contributed by atoms with Crippen molar-refractivity contribution in [2.45, 2.75) is 133 Å². The van der Waals surface area contributed by atoms with E-state index in [1.807, 2.05) is 158 Å². The number of aryl methyl sites for hydroxylation is 2. The number of nitriles is 2. The number of aromatic nitrogens is 7. The Morgan fingerprint density at radius 1 is 0.381 bits per heavy atom. The first-order valence-electron chi connectivity index (χ1n) is 49.7. The van der Waals surface area contributed by atoms with Crippen molar-refractivity contribution < 1.29 is 43.2 Å². The fourth-order valence-electron chi connectivity index (χ4n) is 19.7. The Morgan fingerprint density at radius 3 is 1.18 bits per heavy atom. The van der Waals surface area contributed by atoms with Crippen LogP contribution in [0.2, 0.25) is 0 Å². The second-order valence-electron chi connectivity index (χ2n) is 38.5. The summed E-state index contributed by atoms with van der Waals surface area (Å²) in [4.78, 5) is 44.5. The van der Waals surface area contributed by atoms with E-state index in [1.165, 1.54) is 46.6 Å². The number of sulfonamides is 4. The monoisotopic (exact) mass is 2060 g/mol. The van der Waals surface area contributed by atoms with Gasteiger partial charge in [-0.05, 0) is 310 Å². The molecule has 4 N–H and O–H groups in total. The van der Waals surface area contributed by atoms with Gasteiger partial charge in [0.15, 0.2) is 0 Å². The molecule has 22 rings (SSSR count). The van der Waals surface area contributed by atoms with E-state index in [-0.39, 0.29) is 41.4 Å². The van der Waals surface area contributed by atoms with Crippen LogP contribution in [-0.2, 0) is 46.5 Å². The van der Waals surface area contributed by atoms with Gasteiger partial charge in [-0.25, -0.2) is 50.9 Å². The number of fused-ring (bicyclic) bond motifs is 5. The van der Waals surface area contributed by atoms with E-state index in [1.54, 1.807) is 71.8 Å². The molecule has 6 aliphatic rings. The first-order chi connectivity index (χ1) is 71.0. The van der Waals surface area contributed by atoms with Crippen LogP contribution < -0.4 is 26.0 Å². The van der Waals surface area contributed by atoms with Crippen LogP contribution in [0.5, 0.6) is 5.75 Å². The van der Waals surface area contributed by atoms with Crippen LogP contribution in [0, 0.1) is 36.5 Å². The van der Waals surface area contributed by atoms with Crippen molar-refractivity contribution in [3.8, 4) is 73.5 Å².